The lowest BCUT2D eigenvalue weighted by molar-refractivity contribution is 0.471. The smallest absolute Gasteiger partial charge is 0.335 e. The van der Waals surface area contributed by atoms with Gasteiger partial charge in [-0.3, -0.25) is 9.13 Å². The van der Waals surface area contributed by atoms with E-state index in [-0.39, 0.29) is 41.2 Å². The number of aromatic nitrogens is 3. The largest absolute Gasteiger partial charge is 0.507 e. The summed E-state index contributed by atoms with van der Waals surface area (Å²) in [5.74, 6) is -0.168. The van der Waals surface area contributed by atoms with Gasteiger partial charge in [0.25, 0.3) is 0 Å². The van der Waals surface area contributed by atoms with Crippen LogP contribution in [0.3, 0.4) is 0 Å². The van der Waals surface area contributed by atoms with Crippen LogP contribution in [0, 0.1) is 11.3 Å². The molecule has 1 fully saturated rings. The van der Waals surface area contributed by atoms with Crippen LogP contribution in [0.15, 0.2) is 59.5 Å². The molecule has 1 aliphatic rings. The molecule has 0 amide bonds. The molecule has 0 radical (unpaired) electrons. The zero-order chi connectivity index (χ0) is 21.5. The number of fused-ring (bicyclic) bond motifs is 1. The second-order valence-corrected chi connectivity index (χ2v) is 7.53. The summed E-state index contributed by atoms with van der Waals surface area (Å²) in [6.45, 7) is 1.54. The molecule has 0 saturated carbocycles. The Morgan fingerprint density at radius 1 is 1.09 bits per heavy atom. The molecule has 0 spiro atoms. The minimum Gasteiger partial charge on any atom is -0.507 e. The van der Waals surface area contributed by atoms with E-state index in [9.17, 15) is 15.0 Å². The molecule has 4 aromatic rings. The van der Waals surface area contributed by atoms with E-state index in [1.807, 2.05) is 12.1 Å². The number of nitriles is 1. The number of pyridine rings is 1. The van der Waals surface area contributed by atoms with E-state index in [0.717, 1.165) is 13.0 Å². The van der Waals surface area contributed by atoms with Crippen LogP contribution in [-0.4, -0.2) is 37.4 Å². The van der Waals surface area contributed by atoms with Crippen LogP contribution in [0.25, 0.3) is 28.0 Å². The maximum Gasteiger partial charge on any atom is 0.335 e. The quantitative estimate of drug-likeness (QED) is 0.442. The van der Waals surface area contributed by atoms with Crippen LogP contribution in [-0.2, 0) is 0 Å². The topological polar surface area (TPSA) is 116 Å². The van der Waals surface area contributed by atoms with Crippen molar-refractivity contribution >= 4 is 23.6 Å². The minimum absolute atomic E-state index is 0. The van der Waals surface area contributed by atoms with E-state index in [1.165, 1.54) is 10.6 Å². The second kappa shape index (κ2) is 8.38. The van der Waals surface area contributed by atoms with Crippen LogP contribution >= 0.6 is 12.4 Å². The number of hydrogen-bond acceptors (Lipinski definition) is 6. The van der Waals surface area contributed by atoms with E-state index in [1.54, 1.807) is 47.2 Å². The fraction of sp³-hybridized carbons (Fsp3) is 0.174. The highest BCUT2D eigenvalue weighted by Gasteiger charge is 2.25. The fourth-order valence-corrected chi connectivity index (χ4v) is 4.17. The molecule has 1 saturated heterocycles. The normalized spacial score (nSPS) is 15.4. The first kappa shape index (κ1) is 21.4. The Morgan fingerprint density at radius 3 is 2.59 bits per heavy atom. The monoisotopic (exact) mass is 449 g/mol. The number of aromatic hydroxyl groups is 2. The molecule has 1 unspecified atom stereocenters. The Labute approximate surface area is 189 Å². The fourth-order valence-electron chi connectivity index (χ4n) is 4.17. The highest BCUT2D eigenvalue weighted by molar-refractivity contribution is 5.85. The molecule has 0 aliphatic carbocycles. The van der Waals surface area contributed by atoms with Gasteiger partial charge in [-0.2, -0.15) is 5.26 Å². The second-order valence-electron chi connectivity index (χ2n) is 7.53. The van der Waals surface area contributed by atoms with Crippen LogP contribution in [0.1, 0.15) is 18.0 Å². The van der Waals surface area contributed by atoms with E-state index in [0.29, 0.717) is 34.5 Å². The Bertz CT molecular complexity index is 1410. The van der Waals surface area contributed by atoms with Gasteiger partial charge in [0.15, 0.2) is 5.65 Å². The van der Waals surface area contributed by atoms with E-state index in [4.69, 9.17) is 5.26 Å². The Morgan fingerprint density at radius 2 is 1.88 bits per heavy atom. The van der Waals surface area contributed by atoms with Gasteiger partial charge in [-0.25, -0.2) is 9.78 Å². The average Bonchev–Trinajstić information content (AvgIpc) is 3.40. The number of rotatable bonds is 3. The summed E-state index contributed by atoms with van der Waals surface area (Å²) in [5, 5.41) is 33.0. The SMILES string of the molecule is Cl.N#Cc1cc(-c2ccc(-n3c(=O)n(C4CCNC4)c4ncccc43)c(O)c2)ccc1O. The van der Waals surface area contributed by atoms with Gasteiger partial charge >= 0.3 is 5.69 Å². The van der Waals surface area contributed by atoms with Gasteiger partial charge in [-0.05, 0) is 60.5 Å². The summed E-state index contributed by atoms with van der Waals surface area (Å²) in [6, 6.07) is 15.2. The molecule has 9 heteroatoms. The van der Waals surface area contributed by atoms with Gasteiger partial charge in [0.1, 0.15) is 17.6 Å². The van der Waals surface area contributed by atoms with Gasteiger partial charge < -0.3 is 15.5 Å². The van der Waals surface area contributed by atoms with Crippen molar-refractivity contribution in [3.05, 3.63) is 70.8 Å². The van der Waals surface area contributed by atoms with Crippen molar-refractivity contribution in [2.75, 3.05) is 13.1 Å². The van der Waals surface area contributed by atoms with Crippen LogP contribution in [0.2, 0.25) is 0 Å². The molecule has 0 bridgehead atoms. The van der Waals surface area contributed by atoms with Gasteiger partial charge in [-0.1, -0.05) is 12.1 Å². The number of halogens is 1. The molecule has 162 valence electrons. The minimum atomic E-state index is -0.248. The van der Waals surface area contributed by atoms with Gasteiger partial charge in [0.2, 0.25) is 0 Å². The molecule has 32 heavy (non-hydrogen) atoms. The number of phenols is 2. The average molecular weight is 450 g/mol. The van der Waals surface area contributed by atoms with Crippen molar-refractivity contribution in [2.24, 2.45) is 0 Å². The Kier molecular flexibility index (Phi) is 5.61. The Hall–Kier alpha value is -3.80. The highest BCUT2D eigenvalue weighted by Crippen LogP contribution is 2.32. The first-order chi connectivity index (χ1) is 15.1. The standard InChI is InChI=1S/C23H19N5O3.ClH/c24-12-16-10-14(4-6-20(16)29)15-3-5-18(21(30)11-15)28-19-2-1-8-26-22(19)27(23(28)31)17-7-9-25-13-17;/h1-6,8,10-11,17,25,29-30H,7,9,13H2;1H. The van der Waals surface area contributed by atoms with Crippen molar-refractivity contribution in [3.63, 3.8) is 0 Å². The summed E-state index contributed by atoms with van der Waals surface area (Å²) in [5.41, 5.74) is 2.80. The lowest BCUT2D eigenvalue weighted by atomic mass is 10.0. The Balaban J connectivity index is 0.00000245. The molecule has 2 aromatic carbocycles. The summed E-state index contributed by atoms with van der Waals surface area (Å²) >= 11 is 0. The van der Waals surface area contributed by atoms with Gasteiger partial charge in [0, 0.05) is 12.7 Å². The maximum atomic E-state index is 13.4. The van der Waals surface area contributed by atoms with Gasteiger partial charge in [-0.15, -0.1) is 12.4 Å². The van der Waals surface area contributed by atoms with E-state index < -0.39 is 0 Å². The first-order valence-electron chi connectivity index (χ1n) is 9.94. The summed E-state index contributed by atoms with van der Waals surface area (Å²) in [7, 11) is 0. The molecule has 3 heterocycles. The third-order valence-corrected chi connectivity index (χ3v) is 5.70. The maximum absolute atomic E-state index is 13.4. The number of hydrogen-bond donors (Lipinski definition) is 3. The molecular formula is C23H20ClN5O3. The number of nitrogens with one attached hydrogen (secondary N) is 1. The molecular weight excluding hydrogens is 430 g/mol. The molecule has 3 N–H and O–H groups in total. The molecule has 8 nitrogen and oxygen atoms in total. The van der Waals surface area contributed by atoms with E-state index >= 15 is 0 Å². The summed E-state index contributed by atoms with van der Waals surface area (Å²) in [6.07, 6.45) is 2.49. The van der Waals surface area contributed by atoms with Crippen LogP contribution in [0.4, 0.5) is 0 Å². The van der Waals surface area contributed by atoms with Crippen molar-refractivity contribution in [1.82, 2.24) is 19.4 Å². The summed E-state index contributed by atoms with van der Waals surface area (Å²) < 4.78 is 3.18. The summed E-state index contributed by atoms with van der Waals surface area (Å²) in [4.78, 5) is 17.8. The van der Waals surface area contributed by atoms with Crippen LogP contribution in [0.5, 0.6) is 11.5 Å². The van der Waals surface area contributed by atoms with Crippen molar-refractivity contribution in [3.8, 4) is 34.4 Å². The van der Waals surface area contributed by atoms with Gasteiger partial charge in [0.05, 0.1) is 22.8 Å². The predicted octanol–water partition coefficient (Wildman–Crippen LogP) is 3.09. The number of nitrogens with zero attached hydrogens (tertiary/aromatic N) is 4. The van der Waals surface area contributed by atoms with E-state index in [2.05, 4.69) is 10.3 Å². The molecule has 1 atom stereocenters. The highest BCUT2D eigenvalue weighted by atomic mass is 35.5. The van der Waals surface area contributed by atoms with Crippen LogP contribution < -0.4 is 11.0 Å². The van der Waals surface area contributed by atoms with Crippen molar-refractivity contribution < 1.29 is 10.2 Å². The lowest BCUT2D eigenvalue weighted by Gasteiger charge is -2.10. The number of phenolic OH excluding ortho intramolecular Hbond substituents is 2. The van der Waals surface area contributed by atoms with Crippen molar-refractivity contribution in [2.45, 2.75) is 12.5 Å². The zero-order valence-corrected chi connectivity index (χ0v) is 17.7. The predicted molar refractivity (Wildman–Crippen MR) is 123 cm³/mol. The molecule has 1 aliphatic heterocycles. The van der Waals surface area contributed by atoms with Crippen molar-refractivity contribution in [1.29, 1.82) is 5.26 Å². The third-order valence-electron chi connectivity index (χ3n) is 5.70. The third kappa shape index (κ3) is 3.38. The number of imidazole rings is 1. The first-order valence-corrected chi connectivity index (χ1v) is 9.94. The molecule has 5 rings (SSSR count). The number of benzene rings is 2. The lowest BCUT2D eigenvalue weighted by Crippen LogP contribution is -2.28. The molecule has 2 aromatic heterocycles. The zero-order valence-electron chi connectivity index (χ0n) is 16.9.